The smallest absolute Gasteiger partial charge is 0.0642 e. The summed E-state index contributed by atoms with van der Waals surface area (Å²) in [5, 5.41) is 4.30. The van der Waals surface area contributed by atoms with Gasteiger partial charge in [0.2, 0.25) is 0 Å². The Morgan fingerprint density at radius 1 is 1.42 bits per heavy atom. The quantitative estimate of drug-likeness (QED) is 0.887. The van der Waals surface area contributed by atoms with Gasteiger partial charge in [-0.3, -0.25) is 0 Å². The van der Waals surface area contributed by atoms with E-state index >= 15 is 0 Å². The van der Waals surface area contributed by atoms with Crippen molar-refractivity contribution in [2.75, 3.05) is 18.0 Å². The fourth-order valence-corrected chi connectivity index (χ4v) is 3.38. The zero-order valence-electron chi connectivity index (χ0n) is 12.4. The van der Waals surface area contributed by atoms with Gasteiger partial charge in [0.05, 0.1) is 10.7 Å². The van der Waals surface area contributed by atoms with Gasteiger partial charge in [-0.15, -0.1) is 0 Å². The first-order valence-corrected chi connectivity index (χ1v) is 7.70. The summed E-state index contributed by atoms with van der Waals surface area (Å²) < 4.78 is 0. The van der Waals surface area contributed by atoms with Crippen molar-refractivity contribution >= 4 is 17.3 Å². The number of halogens is 1. The molecule has 0 bridgehead atoms. The average molecular weight is 281 g/mol. The van der Waals surface area contributed by atoms with Gasteiger partial charge in [0.1, 0.15) is 0 Å². The third-order valence-electron chi connectivity index (χ3n) is 4.08. The molecule has 3 unspecified atom stereocenters. The fourth-order valence-electron chi connectivity index (χ4n) is 3.09. The minimum Gasteiger partial charge on any atom is -0.367 e. The first-order chi connectivity index (χ1) is 9.02. The van der Waals surface area contributed by atoms with Gasteiger partial charge in [-0.2, -0.15) is 0 Å². The van der Waals surface area contributed by atoms with Crippen molar-refractivity contribution in [3.05, 3.63) is 28.8 Å². The van der Waals surface area contributed by atoms with Crippen LogP contribution in [0.1, 0.15) is 45.7 Å². The average Bonchev–Trinajstić information content (AvgIpc) is 2.68. The molecule has 19 heavy (non-hydrogen) atoms. The van der Waals surface area contributed by atoms with Crippen molar-refractivity contribution in [3.8, 4) is 0 Å². The van der Waals surface area contributed by atoms with Crippen molar-refractivity contribution in [1.82, 2.24) is 5.32 Å². The first-order valence-electron chi connectivity index (χ1n) is 7.32. The molecule has 1 aromatic rings. The molecule has 3 atom stereocenters. The number of hydrogen-bond acceptors (Lipinski definition) is 2. The van der Waals surface area contributed by atoms with Crippen LogP contribution in [0.15, 0.2) is 18.2 Å². The molecule has 1 N–H and O–H groups in total. The van der Waals surface area contributed by atoms with Crippen LogP contribution in [0, 0.1) is 5.92 Å². The van der Waals surface area contributed by atoms with Crippen molar-refractivity contribution in [1.29, 1.82) is 0 Å². The van der Waals surface area contributed by atoms with Crippen LogP contribution in [0.25, 0.3) is 0 Å². The van der Waals surface area contributed by atoms with E-state index in [9.17, 15) is 0 Å². The SMILES string of the molecule is CCNC(C)c1ccc(N2CC(C)CC2C)c(Cl)c1. The van der Waals surface area contributed by atoms with Gasteiger partial charge in [-0.1, -0.05) is 31.5 Å². The van der Waals surface area contributed by atoms with E-state index < -0.39 is 0 Å². The highest BCUT2D eigenvalue weighted by atomic mass is 35.5. The lowest BCUT2D eigenvalue weighted by Gasteiger charge is -2.26. The van der Waals surface area contributed by atoms with E-state index in [1.807, 2.05) is 0 Å². The van der Waals surface area contributed by atoms with Gasteiger partial charge in [-0.05, 0) is 50.4 Å². The normalized spacial score (nSPS) is 24.8. The van der Waals surface area contributed by atoms with Crippen molar-refractivity contribution in [2.45, 2.75) is 46.2 Å². The molecule has 0 aromatic heterocycles. The summed E-state index contributed by atoms with van der Waals surface area (Å²) in [6.45, 7) is 11.0. The summed E-state index contributed by atoms with van der Waals surface area (Å²) in [7, 11) is 0. The van der Waals surface area contributed by atoms with E-state index in [1.165, 1.54) is 17.7 Å². The number of hydrogen-bond donors (Lipinski definition) is 1. The molecule has 1 aliphatic heterocycles. The molecule has 2 rings (SSSR count). The molecule has 0 aliphatic carbocycles. The molecule has 0 saturated carbocycles. The van der Waals surface area contributed by atoms with Crippen molar-refractivity contribution in [2.24, 2.45) is 5.92 Å². The fraction of sp³-hybridized carbons (Fsp3) is 0.625. The molecule has 0 amide bonds. The molecule has 1 aromatic carbocycles. The minimum absolute atomic E-state index is 0.353. The maximum atomic E-state index is 6.50. The van der Waals surface area contributed by atoms with Crippen LogP contribution in [0.2, 0.25) is 5.02 Å². The Balaban J connectivity index is 2.20. The monoisotopic (exact) mass is 280 g/mol. The van der Waals surface area contributed by atoms with Crippen LogP contribution in [-0.4, -0.2) is 19.1 Å². The van der Waals surface area contributed by atoms with Crippen LogP contribution in [0.5, 0.6) is 0 Å². The lowest BCUT2D eigenvalue weighted by molar-refractivity contribution is 0.598. The summed E-state index contributed by atoms with van der Waals surface area (Å²) in [5.74, 6) is 0.756. The molecule has 0 radical (unpaired) electrons. The number of nitrogens with one attached hydrogen (secondary N) is 1. The summed E-state index contributed by atoms with van der Waals surface area (Å²) in [6.07, 6.45) is 1.26. The highest BCUT2D eigenvalue weighted by Crippen LogP contribution is 2.35. The van der Waals surface area contributed by atoms with E-state index in [1.54, 1.807) is 0 Å². The second-order valence-corrected chi connectivity index (χ2v) is 6.24. The zero-order chi connectivity index (χ0) is 14.0. The molecule has 0 spiro atoms. The first kappa shape index (κ1) is 14.7. The number of nitrogens with zero attached hydrogens (tertiary/aromatic N) is 1. The Morgan fingerprint density at radius 3 is 2.68 bits per heavy atom. The Kier molecular flexibility index (Phi) is 4.75. The summed E-state index contributed by atoms with van der Waals surface area (Å²) in [4.78, 5) is 2.44. The Hall–Kier alpha value is -0.730. The van der Waals surface area contributed by atoms with Gasteiger partial charge in [0.25, 0.3) is 0 Å². The van der Waals surface area contributed by atoms with E-state index in [-0.39, 0.29) is 0 Å². The lowest BCUT2D eigenvalue weighted by atomic mass is 10.1. The van der Waals surface area contributed by atoms with Gasteiger partial charge >= 0.3 is 0 Å². The molecule has 1 fully saturated rings. The Morgan fingerprint density at radius 2 is 2.16 bits per heavy atom. The van der Waals surface area contributed by atoms with Gasteiger partial charge in [0.15, 0.2) is 0 Å². The molecule has 3 heteroatoms. The predicted molar refractivity (Wildman–Crippen MR) is 84.1 cm³/mol. The summed E-state index contributed by atoms with van der Waals surface area (Å²) in [6, 6.07) is 7.43. The molecule has 1 saturated heterocycles. The number of rotatable bonds is 4. The molecule has 1 heterocycles. The second-order valence-electron chi connectivity index (χ2n) is 5.83. The molecule has 2 nitrogen and oxygen atoms in total. The van der Waals surface area contributed by atoms with Crippen LogP contribution in [0.4, 0.5) is 5.69 Å². The maximum Gasteiger partial charge on any atom is 0.0642 e. The largest absolute Gasteiger partial charge is 0.367 e. The Bertz CT molecular complexity index is 433. The van der Waals surface area contributed by atoms with Crippen LogP contribution in [-0.2, 0) is 0 Å². The second kappa shape index (κ2) is 6.15. The lowest BCUT2D eigenvalue weighted by Crippen LogP contribution is -2.27. The summed E-state index contributed by atoms with van der Waals surface area (Å²) in [5.41, 5.74) is 2.45. The van der Waals surface area contributed by atoms with Crippen molar-refractivity contribution in [3.63, 3.8) is 0 Å². The zero-order valence-corrected chi connectivity index (χ0v) is 13.2. The highest BCUT2D eigenvalue weighted by Gasteiger charge is 2.27. The van der Waals surface area contributed by atoms with E-state index in [4.69, 9.17) is 11.6 Å². The molecule has 106 valence electrons. The van der Waals surface area contributed by atoms with E-state index in [0.717, 1.165) is 24.0 Å². The number of anilines is 1. The van der Waals surface area contributed by atoms with Crippen LogP contribution >= 0.6 is 11.6 Å². The Labute approximate surface area is 122 Å². The predicted octanol–water partition coefficient (Wildman–Crippen LogP) is 4.25. The highest BCUT2D eigenvalue weighted by molar-refractivity contribution is 6.33. The molecule has 1 aliphatic rings. The van der Waals surface area contributed by atoms with Gasteiger partial charge in [0, 0.05) is 18.6 Å². The van der Waals surface area contributed by atoms with Gasteiger partial charge in [-0.25, -0.2) is 0 Å². The summed E-state index contributed by atoms with van der Waals surface area (Å²) >= 11 is 6.50. The van der Waals surface area contributed by atoms with E-state index in [0.29, 0.717) is 12.1 Å². The van der Waals surface area contributed by atoms with Gasteiger partial charge < -0.3 is 10.2 Å². The standard InChI is InChI=1S/C16H25ClN2/c1-5-18-13(4)14-6-7-16(15(17)9-14)19-10-11(2)8-12(19)3/h6-7,9,11-13,18H,5,8,10H2,1-4H3. The van der Waals surface area contributed by atoms with Crippen LogP contribution in [0.3, 0.4) is 0 Å². The van der Waals surface area contributed by atoms with Crippen molar-refractivity contribution < 1.29 is 0 Å². The maximum absolute atomic E-state index is 6.50. The molecular weight excluding hydrogens is 256 g/mol. The molecular formula is C16H25ClN2. The minimum atomic E-state index is 0.353. The topological polar surface area (TPSA) is 15.3 Å². The van der Waals surface area contributed by atoms with Crippen LogP contribution < -0.4 is 10.2 Å². The van der Waals surface area contributed by atoms with E-state index in [2.05, 4.69) is 56.1 Å². The third kappa shape index (κ3) is 3.24. The number of benzene rings is 1. The third-order valence-corrected chi connectivity index (χ3v) is 4.38.